The van der Waals surface area contributed by atoms with Gasteiger partial charge in [0.25, 0.3) is 10.0 Å². The molecule has 31 heavy (non-hydrogen) atoms. The quantitative estimate of drug-likeness (QED) is 0.460. The standard InChI is InChI=1S/C22H21NO7S/c1-28-20-3-2-4-21(15-20)31(26,27)23-17-7-11-19(12-8-17)30-14-13-29-18-9-5-16(6-10-18)22(24)25/h2-12,15,23H,13-14H2,1H3,(H,24,25). The second kappa shape index (κ2) is 9.86. The lowest BCUT2D eigenvalue weighted by Gasteiger charge is -2.11. The Morgan fingerprint density at radius 3 is 2.00 bits per heavy atom. The van der Waals surface area contributed by atoms with E-state index in [2.05, 4.69) is 4.72 Å². The molecule has 0 aliphatic rings. The molecule has 0 heterocycles. The van der Waals surface area contributed by atoms with Crippen LogP contribution in [-0.4, -0.2) is 39.8 Å². The first kappa shape index (κ1) is 22.0. The van der Waals surface area contributed by atoms with Crippen LogP contribution >= 0.6 is 0 Å². The molecule has 0 fully saturated rings. The summed E-state index contributed by atoms with van der Waals surface area (Å²) in [6.45, 7) is 0.520. The average molecular weight is 443 g/mol. The molecule has 0 aliphatic carbocycles. The number of rotatable bonds is 10. The van der Waals surface area contributed by atoms with Gasteiger partial charge in [0.05, 0.1) is 17.6 Å². The van der Waals surface area contributed by atoms with Crippen molar-refractivity contribution in [3.8, 4) is 17.2 Å². The molecule has 0 spiro atoms. The van der Waals surface area contributed by atoms with Gasteiger partial charge in [-0.15, -0.1) is 0 Å². The van der Waals surface area contributed by atoms with Gasteiger partial charge in [-0.1, -0.05) is 6.07 Å². The van der Waals surface area contributed by atoms with E-state index in [0.29, 0.717) is 22.9 Å². The van der Waals surface area contributed by atoms with Crippen molar-refractivity contribution < 1.29 is 32.5 Å². The molecule has 3 rings (SSSR count). The number of nitrogens with one attached hydrogen (secondary N) is 1. The molecule has 0 aliphatic heterocycles. The highest BCUT2D eigenvalue weighted by atomic mass is 32.2. The minimum absolute atomic E-state index is 0.0979. The molecule has 8 nitrogen and oxygen atoms in total. The maximum Gasteiger partial charge on any atom is 0.335 e. The van der Waals surface area contributed by atoms with Crippen molar-refractivity contribution in [1.82, 2.24) is 0 Å². The second-order valence-corrected chi connectivity index (χ2v) is 8.02. The highest BCUT2D eigenvalue weighted by molar-refractivity contribution is 7.92. The fourth-order valence-corrected chi connectivity index (χ4v) is 3.71. The van der Waals surface area contributed by atoms with Crippen LogP contribution in [0.25, 0.3) is 0 Å². The number of benzene rings is 3. The van der Waals surface area contributed by atoms with Gasteiger partial charge in [0, 0.05) is 11.8 Å². The lowest BCUT2D eigenvalue weighted by molar-refractivity contribution is 0.0697. The number of aromatic carboxylic acids is 1. The van der Waals surface area contributed by atoms with Crippen LogP contribution in [0, 0.1) is 0 Å². The van der Waals surface area contributed by atoms with Gasteiger partial charge in [0.2, 0.25) is 0 Å². The number of sulfonamides is 1. The summed E-state index contributed by atoms with van der Waals surface area (Å²) in [5.74, 6) is 0.542. The van der Waals surface area contributed by atoms with Crippen molar-refractivity contribution in [2.75, 3.05) is 25.0 Å². The Morgan fingerprint density at radius 1 is 0.871 bits per heavy atom. The minimum atomic E-state index is -3.75. The van der Waals surface area contributed by atoms with E-state index < -0.39 is 16.0 Å². The van der Waals surface area contributed by atoms with Crippen LogP contribution in [0.3, 0.4) is 0 Å². The first-order valence-electron chi connectivity index (χ1n) is 9.23. The molecule has 162 valence electrons. The van der Waals surface area contributed by atoms with E-state index >= 15 is 0 Å². The number of anilines is 1. The van der Waals surface area contributed by atoms with E-state index in [1.165, 1.54) is 31.4 Å². The highest BCUT2D eigenvalue weighted by Crippen LogP contribution is 2.22. The van der Waals surface area contributed by atoms with Gasteiger partial charge in [0.1, 0.15) is 30.5 Å². The van der Waals surface area contributed by atoms with Crippen LogP contribution in [0.4, 0.5) is 5.69 Å². The molecule has 0 aromatic heterocycles. The van der Waals surface area contributed by atoms with Crippen molar-refractivity contribution >= 4 is 21.7 Å². The van der Waals surface area contributed by atoms with Crippen LogP contribution < -0.4 is 18.9 Å². The number of hydrogen-bond donors (Lipinski definition) is 2. The SMILES string of the molecule is COc1cccc(S(=O)(=O)Nc2ccc(OCCOc3ccc(C(=O)O)cc3)cc2)c1. The molecule has 0 bridgehead atoms. The first-order valence-corrected chi connectivity index (χ1v) is 10.7. The van der Waals surface area contributed by atoms with Gasteiger partial charge in [-0.05, 0) is 60.7 Å². The van der Waals surface area contributed by atoms with Gasteiger partial charge >= 0.3 is 5.97 Å². The molecule has 0 amide bonds. The zero-order valence-electron chi connectivity index (χ0n) is 16.6. The highest BCUT2D eigenvalue weighted by Gasteiger charge is 2.15. The Bertz CT molecular complexity index is 1130. The topological polar surface area (TPSA) is 111 Å². The zero-order valence-corrected chi connectivity index (χ0v) is 17.5. The number of carboxylic acid groups (broad SMARTS) is 1. The summed E-state index contributed by atoms with van der Waals surface area (Å²) >= 11 is 0. The Balaban J connectivity index is 1.50. The maximum absolute atomic E-state index is 12.5. The normalized spacial score (nSPS) is 10.9. The van der Waals surface area contributed by atoms with Gasteiger partial charge in [-0.3, -0.25) is 4.72 Å². The fraction of sp³-hybridized carbons (Fsp3) is 0.136. The molecule has 2 N–H and O–H groups in total. The van der Waals surface area contributed by atoms with Crippen LogP contribution in [0.15, 0.2) is 77.7 Å². The fourth-order valence-electron chi connectivity index (χ4n) is 2.61. The van der Waals surface area contributed by atoms with Crippen molar-refractivity contribution in [3.63, 3.8) is 0 Å². The average Bonchev–Trinajstić information content (AvgIpc) is 2.78. The molecule has 0 saturated carbocycles. The summed E-state index contributed by atoms with van der Waals surface area (Å²) in [5, 5.41) is 8.87. The van der Waals surface area contributed by atoms with E-state index in [0.717, 1.165) is 0 Å². The summed E-state index contributed by atoms with van der Waals surface area (Å²) in [5.41, 5.74) is 0.579. The Kier molecular flexibility index (Phi) is 6.99. The summed E-state index contributed by atoms with van der Waals surface area (Å²) < 4.78 is 43.7. The predicted molar refractivity (Wildman–Crippen MR) is 115 cm³/mol. The Hall–Kier alpha value is -3.72. The molecule has 0 unspecified atom stereocenters. The largest absolute Gasteiger partial charge is 0.497 e. The van der Waals surface area contributed by atoms with Crippen LogP contribution in [0.1, 0.15) is 10.4 Å². The molecule has 3 aromatic carbocycles. The summed E-state index contributed by atoms with van der Waals surface area (Å²) in [7, 11) is -2.28. The van der Waals surface area contributed by atoms with E-state index in [1.54, 1.807) is 48.5 Å². The molecule has 3 aromatic rings. The van der Waals surface area contributed by atoms with Crippen LogP contribution in [0.5, 0.6) is 17.2 Å². The first-order chi connectivity index (χ1) is 14.9. The lowest BCUT2D eigenvalue weighted by Crippen LogP contribution is -2.13. The molecule has 9 heteroatoms. The van der Waals surface area contributed by atoms with Crippen molar-refractivity contribution in [2.24, 2.45) is 0 Å². The third-order valence-electron chi connectivity index (χ3n) is 4.18. The van der Waals surface area contributed by atoms with Crippen molar-refractivity contribution in [3.05, 3.63) is 78.4 Å². The van der Waals surface area contributed by atoms with E-state index in [9.17, 15) is 13.2 Å². The second-order valence-electron chi connectivity index (χ2n) is 6.34. The van der Waals surface area contributed by atoms with Crippen LogP contribution in [-0.2, 0) is 10.0 Å². The van der Waals surface area contributed by atoms with Gasteiger partial charge in [0.15, 0.2) is 0 Å². The smallest absolute Gasteiger partial charge is 0.335 e. The Morgan fingerprint density at radius 2 is 1.45 bits per heavy atom. The maximum atomic E-state index is 12.5. The Labute approximate surface area is 180 Å². The third-order valence-corrected chi connectivity index (χ3v) is 5.56. The number of carboxylic acids is 1. The van der Waals surface area contributed by atoms with Gasteiger partial charge < -0.3 is 19.3 Å². The minimum Gasteiger partial charge on any atom is -0.497 e. The number of ether oxygens (including phenoxy) is 3. The number of carbonyl (C=O) groups is 1. The summed E-state index contributed by atoms with van der Waals surface area (Å²) in [4.78, 5) is 10.9. The molecule has 0 saturated heterocycles. The molecular weight excluding hydrogens is 422 g/mol. The molecular formula is C22H21NO7S. The van der Waals surface area contributed by atoms with Crippen LogP contribution in [0.2, 0.25) is 0 Å². The number of methoxy groups -OCH3 is 1. The van der Waals surface area contributed by atoms with E-state index in [1.807, 2.05) is 0 Å². The predicted octanol–water partition coefficient (Wildman–Crippen LogP) is 3.65. The molecule has 0 atom stereocenters. The van der Waals surface area contributed by atoms with Crippen molar-refractivity contribution in [1.29, 1.82) is 0 Å². The third kappa shape index (κ3) is 6.13. The summed E-state index contributed by atoms with van der Waals surface area (Å²) in [6, 6.07) is 18.7. The van der Waals surface area contributed by atoms with E-state index in [4.69, 9.17) is 19.3 Å². The lowest BCUT2D eigenvalue weighted by atomic mass is 10.2. The van der Waals surface area contributed by atoms with Crippen molar-refractivity contribution in [2.45, 2.75) is 4.90 Å². The van der Waals surface area contributed by atoms with Gasteiger partial charge in [-0.2, -0.15) is 0 Å². The molecule has 0 radical (unpaired) electrons. The zero-order chi connectivity index (χ0) is 22.3. The summed E-state index contributed by atoms with van der Waals surface area (Å²) in [6.07, 6.45) is 0. The monoisotopic (exact) mass is 443 g/mol. The van der Waals surface area contributed by atoms with E-state index in [-0.39, 0.29) is 23.7 Å². The van der Waals surface area contributed by atoms with Gasteiger partial charge in [-0.25, -0.2) is 13.2 Å². The number of hydrogen-bond acceptors (Lipinski definition) is 6.